The van der Waals surface area contributed by atoms with Crippen LogP contribution in [0.15, 0.2) is 27.4 Å². The lowest BCUT2D eigenvalue weighted by Gasteiger charge is -2.12. The molecule has 104 valence electrons. The van der Waals surface area contributed by atoms with Crippen LogP contribution >= 0.6 is 28.1 Å². The largest absolute Gasteiger partial charge is 0.495 e. The Bertz CT molecular complexity index is 677. The van der Waals surface area contributed by atoms with Gasteiger partial charge in [-0.1, -0.05) is 23.4 Å². The summed E-state index contributed by atoms with van der Waals surface area (Å²) in [5.41, 5.74) is 3.95. The van der Waals surface area contributed by atoms with Gasteiger partial charge >= 0.3 is 0 Å². The maximum atomic E-state index is 5.64. The lowest BCUT2D eigenvalue weighted by molar-refractivity contribution is 0.409. The van der Waals surface area contributed by atoms with Gasteiger partial charge < -0.3 is 9.26 Å². The zero-order chi connectivity index (χ0) is 14.3. The molecule has 0 bridgehead atoms. The maximum absolute atomic E-state index is 5.64. The molecule has 0 N–H and O–H groups in total. The Hall–Kier alpha value is -1.20. The van der Waals surface area contributed by atoms with Crippen LogP contribution in [-0.2, 0) is 0 Å². The first kappa shape index (κ1) is 13.8. The highest BCUT2D eigenvalue weighted by Gasteiger charge is 2.31. The molecule has 1 aliphatic carbocycles. The molecule has 5 heteroatoms. The van der Waals surface area contributed by atoms with E-state index in [1.165, 1.54) is 12.8 Å². The molecular weight excluding hydrogens is 338 g/mol. The minimum Gasteiger partial charge on any atom is -0.495 e. The van der Waals surface area contributed by atoms with Crippen molar-refractivity contribution in [3.05, 3.63) is 45.3 Å². The number of hydrogen-bond donors (Lipinski definition) is 0. The number of halogens is 1. The molecule has 1 heterocycles. The smallest absolute Gasteiger partial charge is 0.136 e. The Morgan fingerprint density at radius 2 is 2.15 bits per heavy atom. The highest BCUT2D eigenvalue weighted by Crippen LogP contribution is 2.42. The van der Waals surface area contributed by atoms with Crippen molar-refractivity contribution in [2.45, 2.75) is 25.7 Å². The van der Waals surface area contributed by atoms with E-state index in [2.05, 4.69) is 21.1 Å². The summed E-state index contributed by atoms with van der Waals surface area (Å²) in [5, 5.41) is 4.11. The van der Waals surface area contributed by atoms with Gasteiger partial charge in [0.15, 0.2) is 0 Å². The number of ether oxygens (including phenoxy) is 1. The molecule has 0 saturated heterocycles. The second-order valence-corrected chi connectivity index (χ2v) is 6.23. The third-order valence-corrected chi connectivity index (χ3v) is 4.68. The Kier molecular flexibility index (Phi) is 3.65. The first-order valence-corrected chi connectivity index (χ1v) is 7.65. The van der Waals surface area contributed by atoms with Gasteiger partial charge in [0.05, 0.1) is 27.7 Å². The van der Waals surface area contributed by atoms with Crippen LogP contribution in [0.5, 0.6) is 5.75 Å². The molecule has 0 unspecified atom stereocenters. The van der Waals surface area contributed by atoms with Crippen molar-refractivity contribution in [2.75, 3.05) is 7.11 Å². The minimum absolute atomic E-state index is 0.513. The van der Waals surface area contributed by atoms with Gasteiger partial charge in [0.2, 0.25) is 0 Å². The quantitative estimate of drug-likeness (QED) is 0.604. The van der Waals surface area contributed by atoms with Crippen molar-refractivity contribution in [1.29, 1.82) is 0 Å². The van der Waals surface area contributed by atoms with Crippen molar-refractivity contribution in [3.8, 4) is 5.75 Å². The van der Waals surface area contributed by atoms with Crippen molar-refractivity contribution in [3.63, 3.8) is 0 Å². The zero-order valence-electron chi connectivity index (χ0n) is 11.3. The SMILES string of the molecule is COc1c(Br)ccc(C(=S)c2conc2C2CC2)c1C. The highest BCUT2D eigenvalue weighted by atomic mass is 79.9. The molecule has 3 nitrogen and oxygen atoms in total. The average molecular weight is 352 g/mol. The van der Waals surface area contributed by atoms with E-state index in [-0.39, 0.29) is 0 Å². The molecule has 2 aromatic rings. The van der Waals surface area contributed by atoms with E-state index in [9.17, 15) is 0 Å². The number of thiocarbonyl (C=S) groups is 1. The number of nitrogens with zero attached hydrogens (tertiary/aromatic N) is 1. The molecule has 1 saturated carbocycles. The first-order valence-electron chi connectivity index (χ1n) is 6.45. The van der Waals surface area contributed by atoms with Crippen molar-refractivity contribution < 1.29 is 9.26 Å². The Morgan fingerprint density at radius 3 is 2.80 bits per heavy atom. The number of benzene rings is 1. The third kappa shape index (κ3) is 2.29. The van der Waals surface area contributed by atoms with Crippen molar-refractivity contribution >= 4 is 33.0 Å². The molecular formula is C15H14BrNO2S. The van der Waals surface area contributed by atoms with E-state index in [0.717, 1.165) is 37.5 Å². The summed E-state index contributed by atoms with van der Waals surface area (Å²) in [5.74, 6) is 1.33. The average Bonchev–Trinajstić information content (AvgIpc) is 3.16. The van der Waals surface area contributed by atoms with Gasteiger partial charge in [0.25, 0.3) is 0 Å². The normalized spacial score (nSPS) is 14.3. The molecule has 1 aromatic carbocycles. The molecule has 0 radical (unpaired) electrons. The van der Waals surface area contributed by atoms with E-state index in [0.29, 0.717) is 5.92 Å². The fourth-order valence-corrected chi connectivity index (χ4v) is 3.33. The van der Waals surface area contributed by atoms with E-state index in [1.807, 2.05) is 19.1 Å². The van der Waals surface area contributed by atoms with E-state index < -0.39 is 0 Å². The van der Waals surface area contributed by atoms with Crippen LogP contribution in [-0.4, -0.2) is 17.1 Å². The summed E-state index contributed by atoms with van der Waals surface area (Å²) < 4.78 is 11.5. The van der Waals surface area contributed by atoms with Gasteiger partial charge in [-0.2, -0.15) is 0 Å². The van der Waals surface area contributed by atoms with E-state index in [4.69, 9.17) is 21.5 Å². The summed E-state index contributed by atoms with van der Waals surface area (Å²) in [6.07, 6.45) is 4.00. The predicted molar refractivity (Wildman–Crippen MR) is 84.7 cm³/mol. The third-order valence-electron chi connectivity index (χ3n) is 3.61. The molecule has 3 rings (SSSR count). The first-order chi connectivity index (χ1) is 9.63. The maximum Gasteiger partial charge on any atom is 0.136 e. The predicted octanol–water partition coefficient (Wildman–Crippen LogP) is 4.40. The van der Waals surface area contributed by atoms with Gasteiger partial charge in [0.1, 0.15) is 12.0 Å². The molecule has 1 aliphatic rings. The zero-order valence-corrected chi connectivity index (χ0v) is 13.7. The van der Waals surface area contributed by atoms with Crippen LogP contribution in [0.3, 0.4) is 0 Å². The lowest BCUT2D eigenvalue weighted by Crippen LogP contribution is -2.05. The molecule has 1 fully saturated rings. The summed E-state index contributed by atoms with van der Waals surface area (Å²) in [4.78, 5) is 0.774. The van der Waals surface area contributed by atoms with Crippen LogP contribution < -0.4 is 4.74 Å². The Morgan fingerprint density at radius 1 is 1.40 bits per heavy atom. The van der Waals surface area contributed by atoms with Gasteiger partial charge in [0, 0.05) is 11.5 Å². The summed E-state index contributed by atoms with van der Waals surface area (Å²) >= 11 is 9.13. The summed E-state index contributed by atoms with van der Waals surface area (Å²) in [6, 6.07) is 3.96. The second kappa shape index (κ2) is 5.30. The molecule has 0 spiro atoms. The van der Waals surface area contributed by atoms with Crippen molar-refractivity contribution in [2.24, 2.45) is 0 Å². The second-order valence-electron chi connectivity index (χ2n) is 4.97. The summed E-state index contributed by atoms with van der Waals surface area (Å²) in [6.45, 7) is 2.01. The minimum atomic E-state index is 0.513. The van der Waals surface area contributed by atoms with Crippen LogP contribution in [0.2, 0.25) is 0 Å². The lowest BCUT2D eigenvalue weighted by atomic mass is 9.99. The Labute approximate surface area is 131 Å². The number of methoxy groups -OCH3 is 1. The molecule has 1 aromatic heterocycles. The topological polar surface area (TPSA) is 35.3 Å². The number of rotatable bonds is 4. The molecule has 0 amide bonds. The monoisotopic (exact) mass is 351 g/mol. The van der Waals surface area contributed by atoms with Crippen LogP contribution in [0.1, 0.15) is 41.1 Å². The van der Waals surface area contributed by atoms with Gasteiger partial charge in [-0.3, -0.25) is 0 Å². The standard InChI is InChI=1S/C15H14BrNO2S/c1-8-10(5-6-12(16)14(8)18-2)15(20)11-7-19-17-13(11)9-3-4-9/h5-7,9H,3-4H2,1-2H3. The van der Waals surface area contributed by atoms with Gasteiger partial charge in [-0.15, -0.1) is 0 Å². The van der Waals surface area contributed by atoms with Crippen molar-refractivity contribution in [1.82, 2.24) is 5.16 Å². The molecule has 20 heavy (non-hydrogen) atoms. The number of aromatic nitrogens is 1. The summed E-state index contributed by atoms with van der Waals surface area (Å²) in [7, 11) is 1.66. The van der Waals surface area contributed by atoms with Crippen LogP contribution in [0, 0.1) is 6.92 Å². The van der Waals surface area contributed by atoms with Gasteiger partial charge in [-0.25, -0.2) is 0 Å². The number of hydrogen-bond acceptors (Lipinski definition) is 4. The Balaban J connectivity index is 2.04. The van der Waals surface area contributed by atoms with Crippen LogP contribution in [0.4, 0.5) is 0 Å². The fourth-order valence-electron chi connectivity index (χ4n) is 2.37. The fraction of sp³-hybridized carbons (Fsp3) is 0.333. The van der Waals surface area contributed by atoms with E-state index >= 15 is 0 Å². The molecule has 0 aliphatic heterocycles. The highest BCUT2D eigenvalue weighted by molar-refractivity contribution is 9.10. The molecule has 0 atom stereocenters. The van der Waals surface area contributed by atoms with Gasteiger partial charge in [-0.05, 0) is 47.3 Å². The van der Waals surface area contributed by atoms with Crippen LogP contribution in [0.25, 0.3) is 0 Å². The van der Waals surface area contributed by atoms with E-state index in [1.54, 1.807) is 13.4 Å².